The van der Waals surface area contributed by atoms with Gasteiger partial charge < -0.3 is 19.7 Å². The lowest BCUT2D eigenvalue weighted by Gasteiger charge is -2.18. The Kier molecular flexibility index (Phi) is 11.8. The zero-order valence-electron chi connectivity index (χ0n) is 17.8. The molecule has 1 aromatic heterocycles. The zero-order chi connectivity index (χ0) is 24.3. The summed E-state index contributed by atoms with van der Waals surface area (Å²) in [6, 6.07) is 6.53. The molecule has 2 N–H and O–H groups in total. The Labute approximate surface area is 188 Å². The number of nitrogens with zero attached hydrogens (tertiary/aromatic N) is 1. The Balaban J connectivity index is 0.00000249. The van der Waals surface area contributed by atoms with Gasteiger partial charge in [0.05, 0.1) is 6.61 Å². The molecular formula is C22H25F4NO4S. The van der Waals surface area contributed by atoms with Gasteiger partial charge in [0.25, 0.3) is 0 Å². The maximum atomic E-state index is 12.8. The lowest BCUT2D eigenvalue weighted by atomic mass is 10.00. The molecule has 2 rings (SSSR count). The number of alkyl halides is 4. The normalized spacial score (nSPS) is 12.3. The van der Waals surface area contributed by atoms with E-state index in [1.165, 1.54) is 30.5 Å². The smallest absolute Gasteiger partial charge is 0.388 e. The van der Waals surface area contributed by atoms with E-state index in [4.69, 9.17) is 0 Å². The fourth-order valence-corrected chi connectivity index (χ4v) is 3.23. The van der Waals surface area contributed by atoms with Gasteiger partial charge in [0.1, 0.15) is 11.9 Å². The quantitative estimate of drug-likeness (QED) is 0.402. The third-order valence-electron chi connectivity index (χ3n) is 3.84. The molecule has 176 valence electrons. The number of halogens is 4. The van der Waals surface area contributed by atoms with Crippen LogP contribution in [0.15, 0.2) is 59.0 Å². The first-order valence-electron chi connectivity index (χ1n) is 9.55. The molecule has 1 atom stereocenters. The molecular weight excluding hydrogens is 450 g/mol. The average molecular weight is 476 g/mol. The summed E-state index contributed by atoms with van der Waals surface area (Å²) in [5.41, 5.74) is 0.623. The second-order valence-corrected chi connectivity index (χ2v) is 7.03. The largest absolute Gasteiger partial charge is 0.434 e. The van der Waals surface area contributed by atoms with Crippen LogP contribution in [0.3, 0.4) is 0 Å². The molecule has 0 saturated carbocycles. The van der Waals surface area contributed by atoms with E-state index in [2.05, 4.69) is 21.0 Å². The van der Waals surface area contributed by atoms with E-state index < -0.39 is 25.2 Å². The number of thioether (sulfide) groups is 1. The van der Waals surface area contributed by atoms with Gasteiger partial charge in [-0.2, -0.15) is 17.6 Å². The van der Waals surface area contributed by atoms with Gasteiger partial charge in [0.15, 0.2) is 0 Å². The van der Waals surface area contributed by atoms with Gasteiger partial charge in [-0.05, 0) is 36.2 Å². The molecule has 5 nitrogen and oxygen atoms in total. The summed E-state index contributed by atoms with van der Waals surface area (Å²) in [5, 5.41) is 19.9. The fourth-order valence-electron chi connectivity index (χ4n) is 2.47. The number of pyridine rings is 1. The standard InChI is InChI=1S/C20H19F4NO4S.C2H6/c1-3-14(10-26)30-11(2)18(27)13-4-5-16(28-19(21)22)15(8-13)12-6-7-25-17(9-12)29-20(23)24;1-2/h3-9,18-20,26-27H,2,10H2,1H3;1-2H3/b14-3-;. The minimum Gasteiger partial charge on any atom is -0.434 e. The van der Waals surface area contributed by atoms with Crippen molar-refractivity contribution >= 4 is 11.8 Å². The van der Waals surface area contributed by atoms with E-state index in [-0.39, 0.29) is 23.5 Å². The Morgan fingerprint density at radius 2 is 1.78 bits per heavy atom. The first kappa shape index (κ1) is 27.5. The molecule has 0 aliphatic rings. The maximum absolute atomic E-state index is 12.8. The van der Waals surface area contributed by atoms with Crippen LogP contribution in [0, 0.1) is 0 Å². The minimum absolute atomic E-state index is 0.111. The Bertz CT molecular complexity index is 909. The Morgan fingerprint density at radius 1 is 1.12 bits per heavy atom. The molecule has 0 aliphatic heterocycles. The number of allylic oxidation sites excluding steroid dienone is 1. The van der Waals surface area contributed by atoms with E-state index >= 15 is 0 Å². The van der Waals surface area contributed by atoms with Crippen molar-refractivity contribution in [2.24, 2.45) is 0 Å². The van der Waals surface area contributed by atoms with Crippen molar-refractivity contribution in [2.75, 3.05) is 6.61 Å². The molecule has 0 saturated heterocycles. The lowest BCUT2D eigenvalue weighted by molar-refractivity contribution is -0.0528. The molecule has 0 aliphatic carbocycles. The van der Waals surface area contributed by atoms with Crippen molar-refractivity contribution in [2.45, 2.75) is 40.1 Å². The number of benzene rings is 1. The van der Waals surface area contributed by atoms with Gasteiger partial charge in [-0.3, -0.25) is 0 Å². The monoisotopic (exact) mass is 475 g/mol. The highest BCUT2D eigenvalue weighted by molar-refractivity contribution is 8.06. The summed E-state index contributed by atoms with van der Waals surface area (Å²) >= 11 is 1.08. The number of hydrogen-bond acceptors (Lipinski definition) is 6. The summed E-state index contributed by atoms with van der Waals surface area (Å²) in [4.78, 5) is 4.51. The Morgan fingerprint density at radius 3 is 2.34 bits per heavy atom. The van der Waals surface area contributed by atoms with Crippen LogP contribution in [0.5, 0.6) is 11.6 Å². The molecule has 0 fully saturated rings. The first-order chi connectivity index (χ1) is 15.2. The van der Waals surface area contributed by atoms with Crippen molar-refractivity contribution in [3.05, 3.63) is 64.6 Å². The second-order valence-electron chi connectivity index (χ2n) is 5.78. The molecule has 0 bridgehead atoms. The van der Waals surface area contributed by atoms with Crippen LogP contribution >= 0.6 is 11.8 Å². The van der Waals surface area contributed by atoms with Crippen LogP contribution in [0.1, 0.15) is 32.4 Å². The van der Waals surface area contributed by atoms with Crippen LogP contribution in [-0.2, 0) is 0 Å². The molecule has 0 radical (unpaired) electrons. The number of hydrogen-bond donors (Lipinski definition) is 2. The van der Waals surface area contributed by atoms with Crippen molar-refractivity contribution in [3.8, 4) is 22.8 Å². The number of aliphatic hydroxyl groups excluding tert-OH is 2. The molecule has 1 heterocycles. The minimum atomic E-state index is -3.12. The maximum Gasteiger partial charge on any atom is 0.388 e. The predicted molar refractivity (Wildman–Crippen MR) is 117 cm³/mol. The topological polar surface area (TPSA) is 71.8 Å². The Hall–Kier alpha value is -2.56. The van der Waals surface area contributed by atoms with Gasteiger partial charge in [-0.1, -0.05) is 44.3 Å². The van der Waals surface area contributed by atoms with Crippen LogP contribution in [0.4, 0.5) is 17.6 Å². The molecule has 1 aromatic carbocycles. The van der Waals surface area contributed by atoms with E-state index in [0.29, 0.717) is 15.4 Å². The molecule has 32 heavy (non-hydrogen) atoms. The van der Waals surface area contributed by atoms with Gasteiger partial charge in [0.2, 0.25) is 5.88 Å². The van der Waals surface area contributed by atoms with E-state index in [1.807, 2.05) is 13.8 Å². The van der Waals surface area contributed by atoms with Gasteiger partial charge in [-0.25, -0.2) is 4.98 Å². The summed E-state index contributed by atoms with van der Waals surface area (Å²) in [7, 11) is 0. The highest BCUT2D eigenvalue weighted by Crippen LogP contribution is 2.39. The van der Waals surface area contributed by atoms with Crippen molar-refractivity contribution < 1.29 is 37.2 Å². The summed E-state index contributed by atoms with van der Waals surface area (Å²) in [5.74, 6) is -0.630. The van der Waals surface area contributed by atoms with Crippen molar-refractivity contribution in [1.29, 1.82) is 0 Å². The van der Waals surface area contributed by atoms with E-state index in [9.17, 15) is 27.8 Å². The third-order valence-corrected chi connectivity index (χ3v) is 4.95. The number of rotatable bonds is 10. The van der Waals surface area contributed by atoms with Crippen molar-refractivity contribution in [1.82, 2.24) is 4.98 Å². The number of aromatic nitrogens is 1. The van der Waals surface area contributed by atoms with E-state index in [0.717, 1.165) is 17.8 Å². The summed E-state index contributed by atoms with van der Waals surface area (Å²) < 4.78 is 59.4. The SMILES string of the molecule is C=C(S/C(=C\C)CO)C(O)c1ccc(OC(F)F)c(-c2ccnc(OC(F)F)c2)c1.CC. The predicted octanol–water partition coefficient (Wildman–Crippen LogP) is 6.15. The second kappa shape index (κ2) is 13.8. The molecule has 2 aromatic rings. The fraction of sp³-hybridized carbons (Fsp3) is 0.318. The summed E-state index contributed by atoms with van der Waals surface area (Å²) in [6.45, 7) is 3.04. The summed E-state index contributed by atoms with van der Waals surface area (Å²) in [6.07, 6.45) is 1.64. The lowest BCUT2D eigenvalue weighted by Crippen LogP contribution is -2.06. The molecule has 0 amide bonds. The molecule has 1 unspecified atom stereocenters. The zero-order valence-corrected chi connectivity index (χ0v) is 18.6. The third kappa shape index (κ3) is 8.18. The molecule has 0 spiro atoms. The van der Waals surface area contributed by atoms with Crippen LogP contribution in [-0.4, -0.2) is 35.0 Å². The highest BCUT2D eigenvalue weighted by Gasteiger charge is 2.19. The first-order valence-corrected chi connectivity index (χ1v) is 10.4. The van der Waals surface area contributed by atoms with Gasteiger partial charge >= 0.3 is 13.2 Å². The van der Waals surface area contributed by atoms with Gasteiger partial charge in [-0.15, -0.1) is 0 Å². The van der Waals surface area contributed by atoms with Crippen molar-refractivity contribution in [3.63, 3.8) is 0 Å². The number of ether oxygens (including phenoxy) is 2. The highest BCUT2D eigenvalue weighted by atomic mass is 32.2. The molecule has 10 heteroatoms. The van der Waals surface area contributed by atoms with Crippen LogP contribution in [0.2, 0.25) is 0 Å². The van der Waals surface area contributed by atoms with Gasteiger partial charge in [0, 0.05) is 27.6 Å². The van der Waals surface area contributed by atoms with Crippen LogP contribution < -0.4 is 9.47 Å². The van der Waals surface area contributed by atoms with E-state index in [1.54, 1.807) is 13.0 Å². The number of aliphatic hydroxyl groups is 2. The average Bonchev–Trinajstić information content (AvgIpc) is 2.77. The van der Waals surface area contributed by atoms with Crippen LogP contribution in [0.25, 0.3) is 11.1 Å².